The lowest BCUT2D eigenvalue weighted by molar-refractivity contribution is 0.599. The molecule has 0 atom stereocenters. The lowest BCUT2D eigenvalue weighted by Gasteiger charge is -2.02. The van der Waals surface area contributed by atoms with E-state index in [0.717, 1.165) is 12.6 Å². The molecule has 0 unspecified atom stereocenters. The van der Waals surface area contributed by atoms with Crippen molar-refractivity contribution in [3.8, 4) is 11.4 Å². The van der Waals surface area contributed by atoms with E-state index < -0.39 is 9.84 Å². The van der Waals surface area contributed by atoms with Crippen LogP contribution in [0.1, 0.15) is 0 Å². The molecule has 0 fully saturated rings. The quantitative estimate of drug-likeness (QED) is 0.723. The Morgan fingerprint density at radius 3 is 2.43 bits per heavy atom. The summed E-state index contributed by atoms with van der Waals surface area (Å²) in [4.78, 5) is 14.9. The van der Waals surface area contributed by atoms with Crippen molar-refractivity contribution < 1.29 is 8.42 Å². The summed E-state index contributed by atoms with van der Waals surface area (Å²) < 4.78 is 23.5. The van der Waals surface area contributed by atoms with Crippen LogP contribution in [-0.4, -0.2) is 34.6 Å². The van der Waals surface area contributed by atoms with Crippen LogP contribution in [0.25, 0.3) is 22.6 Å². The van der Waals surface area contributed by atoms with Crippen molar-refractivity contribution in [1.82, 2.24) is 19.9 Å². The zero-order chi connectivity index (χ0) is 15.2. The first-order valence-corrected chi connectivity index (χ1v) is 8.38. The molecule has 0 spiro atoms. The Morgan fingerprint density at radius 2 is 1.81 bits per heavy atom. The minimum Gasteiger partial charge on any atom is -0.334 e. The van der Waals surface area contributed by atoms with Crippen LogP contribution in [0, 0.1) is 0 Å². The molecule has 6 nitrogen and oxygen atoms in total. The number of halogens is 2. The van der Waals surface area contributed by atoms with Crippen LogP contribution in [0.5, 0.6) is 0 Å². The molecule has 0 bridgehead atoms. The number of aromatic nitrogens is 4. The molecule has 108 valence electrons. The zero-order valence-electron chi connectivity index (χ0n) is 10.6. The lowest BCUT2D eigenvalue weighted by Crippen LogP contribution is -2.02. The van der Waals surface area contributed by atoms with Crippen LogP contribution in [0.15, 0.2) is 29.6 Å². The largest absolute Gasteiger partial charge is 0.334 e. The van der Waals surface area contributed by atoms with Gasteiger partial charge in [0, 0.05) is 6.26 Å². The molecule has 3 rings (SSSR count). The molecule has 1 aromatic carbocycles. The number of aromatic amines is 1. The van der Waals surface area contributed by atoms with Crippen molar-refractivity contribution in [3.05, 3.63) is 34.6 Å². The maximum absolute atomic E-state index is 11.7. The lowest BCUT2D eigenvalue weighted by atomic mass is 10.2. The number of hydrogen-bond acceptors (Lipinski definition) is 5. The van der Waals surface area contributed by atoms with E-state index >= 15 is 0 Å². The minimum atomic E-state index is -3.51. The summed E-state index contributed by atoms with van der Waals surface area (Å²) in [6, 6.07) is 5.04. The molecule has 2 heterocycles. The van der Waals surface area contributed by atoms with Gasteiger partial charge in [0.1, 0.15) is 17.7 Å². The maximum Gasteiger partial charge on any atom is 0.195 e. The molecule has 2 aromatic heterocycles. The number of nitrogens with zero attached hydrogens (tertiary/aromatic N) is 3. The van der Waals surface area contributed by atoms with Crippen molar-refractivity contribution in [2.45, 2.75) is 5.03 Å². The summed E-state index contributed by atoms with van der Waals surface area (Å²) in [5.41, 5.74) is 0.945. The molecule has 0 aliphatic heterocycles. The maximum atomic E-state index is 11.7. The van der Waals surface area contributed by atoms with Crippen molar-refractivity contribution in [3.63, 3.8) is 0 Å². The highest BCUT2D eigenvalue weighted by atomic mass is 35.5. The van der Waals surface area contributed by atoms with Gasteiger partial charge in [0.2, 0.25) is 0 Å². The second-order valence-electron chi connectivity index (χ2n) is 4.33. The van der Waals surface area contributed by atoms with Crippen LogP contribution in [0.4, 0.5) is 0 Å². The van der Waals surface area contributed by atoms with E-state index in [9.17, 15) is 8.42 Å². The predicted octanol–water partition coefficient (Wildman–Crippen LogP) is 2.73. The van der Waals surface area contributed by atoms with Crippen molar-refractivity contribution in [2.75, 3.05) is 6.26 Å². The molecule has 0 amide bonds. The van der Waals surface area contributed by atoms with Crippen LogP contribution in [-0.2, 0) is 9.84 Å². The fourth-order valence-corrected chi connectivity index (χ4v) is 3.26. The van der Waals surface area contributed by atoms with E-state index in [1.165, 1.54) is 0 Å². The van der Waals surface area contributed by atoms with Crippen LogP contribution >= 0.6 is 23.2 Å². The highest BCUT2D eigenvalue weighted by Crippen LogP contribution is 2.34. The number of H-pyrrole nitrogens is 1. The molecule has 0 aliphatic rings. The minimum absolute atomic E-state index is 0.116. The molecule has 0 saturated heterocycles. The Balaban J connectivity index is 2.33. The molecular formula is C12H8Cl2N4O2S. The number of benzene rings is 1. The van der Waals surface area contributed by atoms with E-state index in [2.05, 4.69) is 19.9 Å². The van der Waals surface area contributed by atoms with E-state index in [1.807, 2.05) is 0 Å². The van der Waals surface area contributed by atoms with Gasteiger partial charge in [-0.25, -0.2) is 23.4 Å². The van der Waals surface area contributed by atoms with Gasteiger partial charge in [0.25, 0.3) is 0 Å². The van der Waals surface area contributed by atoms with Crippen molar-refractivity contribution in [2.24, 2.45) is 0 Å². The average molecular weight is 343 g/mol. The number of imidazole rings is 1. The molecule has 9 heteroatoms. The number of sulfone groups is 1. The third-order valence-electron chi connectivity index (χ3n) is 2.80. The third kappa shape index (κ3) is 2.48. The fraction of sp³-hybridized carbons (Fsp3) is 0.0833. The summed E-state index contributed by atoms with van der Waals surface area (Å²) in [6.07, 6.45) is 2.22. The van der Waals surface area contributed by atoms with Gasteiger partial charge in [-0.05, 0) is 12.1 Å². The van der Waals surface area contributed by atoms with Gasteiger partial charge in [0.15, 0.2) is 20.5 Å². The monoisotopic (exact) mass is 342 g/mol. The van der Waals surface area contributed by atoms with E-state index in [4.69, 9.17) is 23.2 Å². The van der Waals surface area contributed by atoms with Gasteiger partial charge in [-0.1, -0.05) is 29.3 Å². The molecule has 0 radical (unpaired) electrons. The Hall–Kier alpha value is -1.70. The second kappa shape index (κ2) is 4.94. The van der Waals surface area contributed by atoms with E-state index in [1.54, 1.807) is 18.2 Å². The molecular weight excluding hydrogens is 335 g/mol. The Kier molecular flexibility index (Phi) is 3.35. The number of rotatable bonds is 2. The summed E-state index contributed by atoms with van der Waals surface area (Å²) in [5.74, 6) is 0.339. The van der Waals surface area contributed by atoms with Crippen LogP contribution < -0.4 is 0 Å². The summed E-state index contributed by atoms with van der Waals surface area (Å²) in [7, 11) is -3.51. The van der Waals surface area contributed by atoms with Gasteiger partial charge in [-0.15, -0.1) is 0 Å². The number of hydrogen-bond donors (Lipinski definition) is 1. The summed E-state index contributed by atoms with van der Waals surface area (Å²) in [5, 5.41) is 0.681. The first-order valence-electron chi connectivity index (χ1n) is 5.73. The molecule has 1 N–H and O–H groups in total. The zero-order valence-corrected chi connectivity index (χ0v) is 13.0. The average Bonchev–Trinajstić information content (AvgIpc) is 2.80. The van der Waals surface area contributed by atoms with Crippen LogP contribution in [0.3, 0.4) is 0 Å². The summed E-state index contributed by atoms with van der Waals surface area (Å²) >= 11 is 12.2. The third-order valence-corrected chi connectivity index (χ3v) is 4.45. The van der Waals surface area contributed by atoms with Crippen molar-refractivity contribution in [1.29, 1.82) is 0 Å². The van der Waals surface area contributed by atoms with E-state index in [-0.39, 0.29) is 16.2 Å². The van der Waals surface area contributed by atoms with Gasteiger partial charge in [0.05, 0.1) is 15.6 Å². The highest BCUT2D eigenvalue weighted by molar-refractivity contribution is 7.90. The van der Waals surface area contributed by atoms with Crippen LogP contribution in [0.2, 0.25) is 10.0 Å². The molecule has 0 saturated carbocycles. The smallest absolute Gasteiger partial charge is 0.195 e. The standard InChI is InChI=1S/C12H8Cl2N4O2S/c1-21(19,20)12-9-11(15-5-16-12)18-10(17-9)8-6(13)3-2-4-7(8)14/h2-5H,1H3,(H,15,16,17,18). The second-order valence-corrected chi connectivity index (χ2v) is 7.08. The first-order chi connectivity index (χ1) is 9.88. The van der Waals surface area contributed by atoms with Gasteiger partial charge in [-0.3, -0.25) is 0 Å². The first kappa shape index (κ1) is 14.2. The van der Waals surface area contributed by atoms with Crippen molar-refractivity contribution >= 4 is 44.2 Å². The summed E-state index contributed by atoms with van der Waals surface area (Å²) in [6.45, 7) is 0. The van der Waals surface area contributed by atoms with Gasteiger partial charge >= 0.3 is 0 Å². The Bertz CT molecular complexity index is 933. The molecule has 0 aliphatic carbocycles. The normalized spacial score (nSPS) is 12.0. The van der Waals surface area contributed by atoms with Gasteiger partial charge < -0.3 is 4.98 Å². The number of nitrogens with one attached hydrogen (secondary N) is 1. The number of fused-ring (bicyclic) bond motifs is 1. The van der Waals surface area contributed by atoms with Gasteiger partial charge in [-0.2, -0.15) is 0 Å². The highest BCUT2D eigenvalue weighted by Gasteiger charge is 2.19. The topological polar surface area (TPSA) is 88.6 Å². The fourth-order valence-electron chi connectivity index (χ4n) is 1.93. The predicted molar refractivity (Wildman–Crippen MR) is 80.2 cm³/mol. The molecule has 21 heavy (non-hydrogen) atoms. The SMILES string of the molecule is CS(=O)(=O)c1ncnc2nc(-c3c(Cl)cccc3Cl)[nH]c12. The van der Waals surface area contributed by atoms with E-state index in [0.29, 0.717) is 21.4 Å². The Morgan fingerprint density at radius 1 is 1.14 bits per heavy atom. The molecule has 3 aromatic rings. The Labute approximate surface area is 130 Å².